The first-order chi connectivity index (χ1) is 8.49. The van der Waals surface area contributed by atoms with E-state index in [-0.39, 0.29) is 18.8 Å². The van der Waals surface area contributed by atoms with Crippen molar-refractivity contribution in [3.8, 4) is 5.75 Å². The number of carbonyl (C=O) groups is 1. The molecule has 0 fully saturated rings. The highest BCUT2D eigenvalue weighted by Gasteiger charge is 2.35. The molecule has 0 spiro atoms. The van der Waals surface area contributed by atoms with Crippen LogP contribution in [0.1, 0.15) is 33.3 Å². The van der Waals surface area contributed by atoms with Crippen LogP contribution in [0.2, 0.25) is 0 Å². The normalized spacial score (nSPS) is 16.4. The summed E-state index contributed by atoms with van der Waals surface area (Å²) in [6.07, 6.45) is 0.387. The molecule has 1 aliphatic heterocycles. The van der Waals surface area contributed by atoms with Crippen LogP contribution in [0.4, 0.5) is 5.69 Å². The van der Waals surface area contributed by atoms with Gasteiger partial charge in [-0.25, -0.2) is 0 Å². The summed E-state index contributed by atoms with van der Waals surface area (Å²) in [6.45, 7) is 4.08. The van der Waals surface area contributed by atoms with Gasteiger partial charge in [0.05, 0.1) is 6.42 Å². The highest BCUT2D eigenvalue weighted by molar-refractivity contribution is 6.00. The van der Waals surface area contributed by atoms with Crippen molar-refractivity contribution >= 4 is 22.4 Å². The number of ether oxygens (including phenoxy) is 1. The zero-order valence-corrected chi connectivity index (χ0v) is 10.5. The van der Waals surface area contributed by atoms with Crippen molar-refractivity contribution in [2.75, 3.05) is 5.73 Å². The second-order valence-corrected chi connectivity index (χ2v) is 5.42. The van der Waals surface area contributed by atoms with Gasteiger partial charge >= 0.3 is 5.97 Å². The van der Waals surface area contributed by atoms with Gasteiger partial charge in [-0.2, -0.15) is 0 Å². The number of benzene rings is 2. The monoisotopic (exact) mass is 257 g/mol. The largest absolute Gasteiger partial charge is 0.426 e. The Bertz CT molecular complexity index is 659. The summed E-state index contributed by atoms with van der Waals surface area (Å²) in [5, 5.41) is 1.84. The SMILES string of the molecule is C.CC1(C)CC(=O)Oc2c1cc(N)c1ccccc21. The zero-order chi connectivity index (χ0) is 12.9. The third-order valence-corrected chi connectivity index (χ3v) is 3.56. The third-order valence-electron chi connectivity index (χ3n) is 3.56. The number of hydrogen-bond donors (Lipinski definition) is 1. The number of fused-ring (bicyclic) bond motifs is 3. The fourth-order valence-electron chi connectivity index (χ4n) is 2.60. The van der Waals surface area contributed by atoms with E-state index in [1.165, 1.54) is 0 Å². The Hall–Kier alpha value is -2.03. The van der Waals surface area contributed by atoms with E-state index in [9.17, 15) is 4.79 Å². The maximum Gasteiger partial charge on any atom is 0.312 e. The molecule has 0 saturated heterocycles. The lowest BCUT2D eigenvalue weighted by molar-refractivity contribution is -0.136. The summed E-state index contributed by atoms with van der Waals surface area (Å²) in [6, 6.07) is 9.68. The molecule has 0 atom stereocenters. The van der Waals surface area contributed by atoms with E-state index >= 15 is 0 Å². The smallest absolute Gasteiger partial charge is 0.312 e. The number of carbonyl (C=O) groups excluding carboxylic acids is 1. The molecule has 0 aliphatic carbocycles. The van der Waals surface area contributed by atoms with Gasteiger partial charge in [-0.05, 0) is 6.07 Å². The van der Waals surface area contributed by atoms with Crippen LogP contribution in [-0.4, -0.2) is 5.97 Å². The van der Waals surface area contributed by atoms with Gasteiger partial charge in [0.15, 0.2) is 0 Å². The predicted octanol–water partition coefficient (Wildman–Crippen LogP) is 3.64. The summed E-state index contributed by atoms with van der Waals surface area (Å²) < 4.78 is 5.44. The number of rotatable bonds is 0. The molecule has 0 saturated carbocycles. The highest BCUT2D eigenvalue weighted by atomic mass is 16.5. The van der Waals surface area contributed by atoms with E-state index in [1.807, 2.05) is 44.2 Å². The standard InChI is InChI=1S/C15H15NO2.CH4/c1-15(2)8-13(17)18-14-10-6-4-3-5-9(10)12(16)7-11(14)15;/h3-7H,8,16H2,1-2H3;1H4. The highest BCUT2D eigenvalue weighted by Crippen LogP contribution is 2.44. The van der Waals surface area contributed by atoms with Crippen molar-refractivity contribution in [2.24, 2.45) is 0 Å². The number of hydrogen-bond acceptors (Lipinski definition) is 3. The molecule has 100 valence electrons. The third kappa shape index (κ3) is 1.95. The molecule has 0 bridgehead atoms. The summed E-state index contributed by atoms with van der Waals surface area (Å²) in [7, 11) is 0. The molecular weight excluding hydrogens is 238 g/mol. The first-order valence-electron chi connectivity index (χ1n) is 6.01. The number of anilines is 1. The summed E-state index contributed by atoms with van der Waals surface area (Å²) >= 11 is 0. The average Bonchev–Trinajstić information content (AvgIpc) is 2.30. The van der Waals surface area contributed by atoms with Crippen LogP contribution in [0.5, 0.6) is 5.75 Å². The molecule has 0 unspecified atom stereocenters. The van der Waals surface area contributed by atoms with Crippen LogP contribution in [-0.2, 0) is 10.2 Å². The van der Waals surface area contributed by atoms with Crippen LogP contribution in [0.3, 0.4) is 0 Å². The Kier molecular flexibility index (Phi) is 3.01. The maximum atomic E-state index is 11.7. The molecule has 0 radical (unpaired) electrons. The van der Waals surface area contributed by atoms with E-state index in [1.54, 1.807) is 0 Å². The molecule has 0 aromatic heterocycles. The fourth-order valence-corrected chi connectivity index (χ4v) is 2.60. The molecule has 3 heteroatoms. The molecule has 1 aliphatic rings. The molecular formula is C16H19NO2. The van der Waals surface area contributed by atoms with E-state index in [4.69, 9.17) is 10.5 Å². The van der Waals surface area contributed by atoms with Gasteiger partial charge in [-0.15, -0.1) is 0 Å². The van der Waals surface area contributed by atoms with Gasteiger partial charge in [0, 0.05) is 27.4 Å². The second-order valence-electron chi connectivity index (χ2n) is 5.42. The van der Waals surface area contributed by atoms with E-state index in [2.05, 4.69) is 0 Å². The zero-order valence-electron chi connectivity index (χ0n) is 10.5. The summed E-state index contributed by atoms with van der Waals surface area (Å²) in [5.74, 6) is 0.489. The van der Waals surface area contributed by atoms with Crippen LogP contribution < -0.4 is 10.5 Å². The van der Waals surface area contributed by atoms with E-state index in [0.717, 1.165) is 22.0 Å². The Morgan fingerprint density at radius 1 is 1.21 bits per heavy atom. The molecule has 1 heterocycles. The minimum Gasteiger partial charge on any atom is -0.426 e. The van der Waals surface area contributed by atoms with Gasteiger partial charge in [0.1, 0.15) is 5.75 Å². The Labute approximate surface area is 113 Å². The number of nitrogen functional groups attached to an aromatic ring is 1. The van der Waals surface area contributed by atoms with Crippen LogP contribution in [0.25, 0.3) is 10.8 Å². The number of esters is 1. The summed E-state index contributed by atoms with van der Waals surface area (Å²) in [4.78, 5) is 11.7. The number of nitrogens with two attached hydrogens (primary N) is 1. The molecule has 2 aromatic carbocycles. The van der Waals surface area contributed by atoms with Gasteiger partial charge in [-0.1, -0.05) is 45.5 Å². The predicted molar refractivity (Wildman–Crippen MR) is 78.4 cm³/mol. The lowest BCUT2D eigenvalue weighted by Crippen LogP contribution is -2.31. The Morgan fingerprint density at radius 2 is 1.84 bits per heavy atom. The Morgan fingerprint density at radius 3 is 2.53 bits per heavy atom. The van der Waals surface area contributed by atoms with E-state index in [0.29, 0.717) is 12.2 Å². The molecule has 3 nitrogen and oxygen atoms in total. The first kappa shape index (κ1) is 13.4. The average molecular weight is 257 g/mol. The lowest BCUT2D eigenvalue weighted by Gasteiger charge is -2.32. The van der Waals surface area contributed by atoms with Crippen LogP contribution in [0, 0.1) is 0 Å². The second kappa shape index (κ2) is 4.26. The fraction of sp³-hybridized carbons (Fsp3) is 0.312. The minimum atomic E-state index is -0.233. The van der Waals surface area contributed by atoms with Crippen LogP contribution in [0.15, 0.2) is 30.3 Å². The van der Waals surface area contributed by atoms with Gasteiger partial charge in [0.25, 0.3) is 0 Å². The minimum absolute atomic E-state index is 0. The van der Waals surface area contributed by atoms with Crippen molar-refractivity contribution in [3.05, 3.63) is 35.9 Å². The maximum absolute atomic E-state index is 11.7. The van der Waals surface area contributed by atoms with Crippen molar-refractivity contribution in [1.82, 2.24) is 0 Å². The van der Waals surface area contributed by atoms with Gasteiger partial charge in [0.2, 0.25) is 0 Å². The quantitative estimate of drug-likeness (QED) is 0.445. The molecule has 3 rings (SSSR count). The van der Waals surface area contributed by atoms with Crippen LogP contribution >= 0.6 is 0 Å². The topological polar surface area (TPSA) is 52.3 Å². The molecule has 0 amide bonds. The van der Waals surface area contributed by atoms with E-state index < -0.39 is 0 Å². The Balaban J connectivity index is 0.00000133. The lowest BCUT2D eigenvalue weighted by atomic mass is 9.78. The van der Waals surface area contributed by atoms with Crippen molar-refractivity contribution in [2.45, 2.75) is 33.1 Å². The summed E-state index contributed by atoms with van der Waals surface area (Å²) in [5.41, 5.74) is 7.61. The van der Waals surface area contributed by atoms with Crippen molar-refractivity contribution in [3.63, 3.8) is 0 Å². The van der Waals surface area contributed by atoms with Crippen molar-refractivity contribution in [1.29, 1.82) is 0 Å². The molecule has 2 aromatic rings. The van der Waals surface area contributed by atoms with Gasteiger partial charge in [-0.3, -0.25) is 4.79 Å². The molecule has 19 heavy (non-hydrogen) atoms. The van der Waals surface area contributed by atoms with Gasteiger partial charge < -0.3 is 10.5 Å². The van der Waals surface area contributed by atoms with Crippen molar-refractivity contribution < 1.29 is 9.53 Å². The molecule has 2 N–H and O–H groups in total. The first-order valence-corrected chi connectivity index (χ1v) is 6.01.